The average molecular weight is 1020 g/mol. The molecule has 0 aliphatic rings. The van der Waals surface area contributed by atoms with Gasteiger partial charge in [-0.3, -0.25) is 14.4 Å². The highest BCUT2D eigenvalue weighted by Crippen LogP contribution is 2.14. The van der Waals surface area contributed by atoms with Crippen molar-refractivity contribution >= 4 is 17.9 Å². The maximum atomic E-state index is 12.8. The second-order valence-corrected chi connectivity index (χ2v) is 19.1. The minimum Gasteiger partial charge on any atom is -0.462 e. The fourth-order valence-electron chi connectivity index (χ4n) is 7.67. The summed E-state index contributed by atoms with van der Waals surface area (Å²) in [6, 6.07) is 0. The lowest BCUT2D eigenvalue weighted by Gasteiger charge is -2.18. The Morgan fingerprint density at radius 3 is 0.892 bits per heavy atom. The predicted octanol–water partition coefficient (Wildman–Crippen LogP) is 20.4. The van der Waals surface area contributed by atoms with E-state index >= 15 is 0 Å². The summed E-state index contributed by atoms with van der Waals surface area (Å²) < 4.78 is 16.8. The summed E-state index contributed by atoms with van der Waals surface area (Å²) >= 11 is 0. The summed E-state index contributed by atoms with van der Waals surface area (Å²) in [7, 11) is 0. The van der Waals surface area contributed by atoms with Crippen LogP contribution in [0.15, 0.2) is 146 Å². The standard InChI is InChI=1S/C68H108O6/c1-4-7-10-13-16-19-22-24-26-28-30-31-32-33-34-35-36-37-39-40-42-44-46-49-52-55-58-61-67(70)73-64-65(63-72-66(69)60-57-54-51-48-21-18-15-12-9-6-3)74-68(71)62-59-56-53-50-47-45-43-41-38-29-27-25-23-20-17-14-11-8-5-2/h7-8,10-12,15-17,19-20,24-27,30-31,33-34,38,41,45,47,53,56,65H,4-6,9,13-14,18,21-23,28-29,32,35-37,39-40,42-44,46,48-52,54-55,57-64H2,1-3H3/b10-7-,11-8-,15-12-,19-16-,20-17-,26-24-,27-25-,31-30-,34-33-,41-38-,47-45-,56-53-. The van der Waals surface area contributed by atoms with Crippen molar-refractivity contribution in [3.05, 3.63) is 146 Å². The highest BCUT2D eigenvalue weighted by Gasteiger charge is 2.19. The highest BCUT2D eigenvalue weighted by molar-refractivity contribution is 5.71. The van der Waals surface area contributed by atoms with Crippen LogP contribution in [0.1, 0.15) is 245 Å². The van der Waals surface area contributed by atoms with Gasteiger partial charge >= 0.3 is 17.9 Å². The fourth-order valence-corrected chi connectivity index (χ4v) is 7.67. The van der Waals surface area contributed by atoms with Crippen LogP contribution in [0.25, 0.3) is 0 Å². The van der Waals surface area contributed by atoms with Gasteiger partial charge in [0.15, 0.2) is 6.10 Å². The molecular formula is C68H108O6. The van der Waals surface area contributed by atoms with Gasteiger partial charge in [0, 0.05) is 19.3 Å². The molecule has 1 atom stereocenters. The Labute approximate surface area is 455 Å². The zero-order chi connectivity index (χ0) is 53.6. The molecule has 0 saturated carbocycles. The smallest absolute Gasteiger partial charge is 0.306 e. The number of carbonyl (C=O) groups is 3. The molecule has 0 rings (SSSR count). The van der Waals surface area contributed by atoms with E-state index in [1.165, 1.54) is 70.6 Å². The Hall–Kier alpha value is -4.71. The van der Waals surface area contributed by atoms with E-state index in [1.807, 2.05) is 12.2 Å². The van der Waals surface area contributed by atoms with Crippen molar-refractivity contribution in [2.75, 3.05) is 13.2 Å². The third-order valence-electron chi connectivity index (χ3n) is 12.1. The Kier molecular flexibility index (Phi) is 57.0. The molecule has 0 N–H and O–H groups in total. The van der Waals surface area contributed by atoms with Crippen LogP contribution < -0.4 is 0 Å². The van der Waals surface area contributed by atoms with Crippen molar-refractivity contribution < 1.29 is 28.6 Å². The van der Waals surface area contributed by atoms with E-state index in [4.69, 9.17) is 14.2 Å². The number of ether oxygens (including phenoxy) is 3. The molecule has 6 heteroatoms. The van der Waals surface area contributed by atoms with Gasteiger partial charge in [-0.2, -0.15) is 0 Å². The van der Waals surface area contributed by atoms with Gasteiger partial charge in [-0.15, -0.1) is 0 Å². The van der Waals surface area contributed by atoms with Gasteiger partial charge in [0.25, 0.3) is 0 Å². The van der Waals surface area contributed by atoms with Gasteiger partial charge in [-0.25, -0.2) is 0 Å². The van der Waals surface area contributed by atoms with Gasteiger partial charge in [0.2, 0.25) is 0 Å². The molecule has 0 aliphatic carbocycles. The molecule has 0 bridgehead atoms. The summed E-state index contributed by atoms with van der Waals surface area (Å²) in [4.78, 5) is 38.1. The van der Waals surface area contributed by atoms with Crippen LogP contribution in [0.5, 0.6) is 0 Å². The predicted molar refractivity (Wildman–Crippen MR) is 320 cm³/mol. The average Bonchev–Trinajstić information content (AvgIpc) is 3.40. The topological polar surface area (TPSA) is 78.9 Å². The molecule has 0 saturated heterocycles. The van der Waals surface area contributed by atoms with Gasteiger partial charge in [0.1, 0.15) is 13.2 Å². The van der Waals surface area contributed by atoms with E-state index in [2.05, 4.69) is 154 Å². The number of hydrogen-bond acceptors (Lipinski definition) is 6. The molecule has 6 nitrogen and oxygen atoms in total. The molecule has 0 aromatic heterocycles. The Balaban J connectivity index is 4.37. The minimum absolute atomic E-state index is 0.117. The van der Waals surface area contributed by atoms with E-state index in [1.54, 1.807) is 0 Å². The van der Waals surface area contributed by atoms with Crippen LogP contribution in [-0.2, 0) is 28.6 Å². The molecule has 0 heterocycles. The van der Waals surface area contributed by atoms with E-state index in [9.17, 15) is 14.4 Å². The zero-order valence-corrected chi connectivity index (χ0v) is 47.5. The minimum atomic E-state index is -0.828. The van der Waals surface area contributed by atoms with E-state index in [0.29, 0.717) is 19.3 Å². The molecule has 416 valence electrons. The normalized spacial score (nSPS) is 13.2. The lowest BCUT2D eigenvalue weighted by Crippen LogP contribution is -2.30. The summed E-state index contributed by atoms with van der Waals surface area (Å²) in [5.74, 6) is -1.02. The summed E-state index contributed by atoms with van der Waals surface area (Å²) in [5, 5.41) is 0. The molecular weight excluding hydrogens is 913 g/mol. The van der Waals surface area contributed by atoms with Crippen molar-refractivity contribution in [3.63, 3.8) is 0 Å². The lowest BCUT2D eigenvalue weighted by atomic mass is 10.0. The molecule has 0 aromatic rings. The zero-order valence-electron chi connectivity index (χ0n) is 47.5. The molecule has 0 amide bonds. The van der Waals surface area contributed by atoms with E-state index in [0.717, 1.165) is 128 Å². The maximum absolute atomic E-state index is 12.8. The quantitative estimate of drug-likeness (QED) is 0.0261. The summed E-state index contributed by atoms with van der Waals surface area (Å²) in [6.45, 7) is 6.27. The van der Waals surface area contributed by atoms with Crippen molar-refractivity contribution in [3.8, 4) is 0 Å². The summed E-state index contributed by atoms with van der Waals surface area (Å²) in [5.41, 5.74) is 0. The van der Waals surface area contributed by atoms with Crippen molar-refractivity contribution in [2.24, 2.45) is 0 Å². The maximum Gasteiger partial charge on any atom is 0.306 e. The third-order valence-corrected chi connectivity index (χ3v) is 12.1. The molecule has 0 aromatic carbocycles. The van der Waals surface area contributed by atoms with Gasteiger partial charge in [-0.05, 0) is 122 Å². The van der Waals surface area contributed by atoms with Crippen LogP contribution in [0.2, 0.25) is 0 Å². The van der Waals surface area contributed by atoms with E-state index < -0.39 is 12.1 Å². The van der Waals surface area contributed by atoms with Crippen LogP contribution in [0.4, 0.5) is 0 Å². The van der Waals surface area contributed by atoms with Crippen molar-refractivity contribution in [1.29, 1.82) is 0 Å². The third kappa shape index (κ3) is 58.2. The van der Waals surface area contributed by atoms with Crippen LogP contribution >= 0.6 is 0 Å². The largest absolute Gasteiger partial charge is 0.462 e. The second-order valence-electron chi connectivity index (χ2n) is 19.1. The van der Waals surface area contributed by atoms with Gasteiger partial charge in [0.05, 0.1) is 0 Å². The number of rotatable bonds is 52. The first-order valence-corrected chi connectivity index (χ1v) is 29.8. The van der Waals surface area contributed by atoms with Gasteiger partial charge < -0.3 is 14.2 Å². The summed E-state index contributed by atoms with van der Waals surface area (Å²) in [6.07, 6.45) is 87.2. The molecule has 0 radical (unpaired) electrons. The fraction of sp³-hybridized carbons (Fsp3) is 0.603. The van der Waals surface area contributed by atoms with Gasteiger partial charge in [-0.1, -0.05) is 250 Å². The lowest BCUT2D eigenvalue weighted by molar-refractivity contribution is -0.166. The SMILES string of the molecule is CC/C=C\C/C=C\C/C=C\C/C=C\C/C=C\C/C=C\CCC(=O)OC(COC(=O)CCCCCCC/C=C\CCC)COC(=O)CCCCCCCCCCCCC/C=C\C/C=C\C/C=C\C/C=C\C/C=C\CC. The molecule has 0 spiro atoms. The first-order valence-electron chi connectivity index (χ1n) is 29.8. The van der Waals surface area contributed by atoms with Crippen LogP contribution in [0.3, 0.4) is 0 Å². The monoisotopic (exact) mass is 1020 g/mol. The van der Waals surface area contributed by atoms with Crippen molar-refractivity contribution in [2.45, 2.75) is 252 Å². The Morgan fingerprint density at radius 2 is 0.554 bits per heavy atom. The first kappa shape index (κ1) is 69.3. The Morgan fingerprint density at radius 1 is 0.284 bits per heavy atom. The number of hydrogen-bond donors (Lipinski definition) is 0. The first-order chi connectivity index (χ1) is 36.5. The Bertz CT molecular complexity index is 1640. The molecule has 0 aliphatic heterocycles. The van der Waals surface area contributed by atoms with Crippen molar-refractivity contribution in [1.82, 2.24) is 0 Å². The van der Waals surface area contributed by atoms with Crippen LogP contribution in [0, 0.1) is 0 Å². The van der Waals surface area contributed by atoms with Crippen LogP contribution in [-0.4, -0.2) is 37.2 Å². The van der Waals surface area contributed by atoms with E-state index in [-0.39, 0.29) is 31.6 Å². The number of unbranched alkanes of at least 4 members (excludes halogenated alkanes) is 17. The second kappa shape index (κ2) is 60.8. The molecule has 1 unspecified atom stereocenters. The number of esters is 3. The number of allylic oxidation sites excluding steroid dienone is 24. The highest BCUT2D eigenvalue weighted by atomic mass is 16.6. The number of carbonyl (C=O) groups excluding carboxylic acids is 3. The molecule has 0 fully saturated rings. The molecule has 74 heavy (non-hydrogen) atoms.